The highest BCUT2D eigenvalue weighted by Gasteiger charge is 2.28. The van der Waals surface area contributed by atoms with Crippen LogP contribution in [0.5, 0.6) is 0 Å². The number of likely N-dealkylation sites (N-methyl/N-ethyl adjacent to an activating group) is 1. The van der Waals surface area contributed by atoms with Crippen LogP contribution in [0.15, 0.2) is 23.0 Å². The van der Waals surface area contributed by atoms with Gasteiger partial charge in [0.2, 0.25) is 0 Å². The number of piperazine rings is 1. The van der Waals surface area contributed by atoms with Crippen LogP contribution in [-0.4, -0.2) is 69.7 Å². The van der Waals surface area contributed by atoms with Crippen LogP contribution in [0.2, 0.25) is 0 Å². The molecule has 10 heteroatoms. The van der Waals surface area contributed by atoms with Gasteiger partial charge < -0.3 is 25.8 Å². The maximum atomic E-state index is 14.1. The molecule has 2 heterocycles. The molecule has 0 atom stereocenters. The van der Waals surface area contributed by atoms with E-state index in [2.05, 4.69) is 21.7 Å². The van der Waals surface area contributed by atoms with Crippen molar-refractivity contribution in [2.45, 2.75) is 13.5 Å². The van der Waals surface area contributed by atoms with Crippen molar-refractivity contribution in [1.82, 2.24) is 14.8 Å². The van der Waals surface area contributed by atoms with Crippen molar-refractivity contribution >= 4 is 17.8 Å². The lowest BCUT2D eigenvalue weighted by atomic mass is 9.91. The number of H-pyrrole nitrogens is 1. The van der Waals surface area contributed by atoms with Gasteiger partial charge in [-0.2, -0.15) is 0 Å². The molecule has 1 fully saturated rings. The highest BCUT2D eigenvalue weighted by atomic mass is 19.1. The Labute approximate surface area is 171 Å². The van der Waals surface area contributed by atoms with Gasteiger partial charge >= 0.3 is 11.9 Å². The molecule has 1 aliphatic rings. The zero-order valence-electron chi connectivity index (χ0n) is 16.4. The normalized spacial score (nSPS) is 15.3. The Morgan fingerprint density at radius 1 is 1.10 bits per heavy atom. The Hall–Kier alpha value is -3.24. The van der Waals surface area contributed by atoms with Gasteiger partial charge in [0, 0.05) is 38.3 Å². The van der Waals surface area contributed by atoms with Crippen LogP contribution in [0.4, 0.5) is 10.2 Å². The van der Waals surface area contributed by atoms with E-state index in [-0.39, 0.29) is 17.7 Å². The maximum absolute atomic E-state index is 14.1. The lowest BCUT2D eigenvalue weighted by molar-refractivity contribution is 0.0695. The third kappa shape index (κ3) is 4.19. The number of aromatic amines is 1. The molecule has 160 valence electrons. The van der Waals surface area contributed by atoms with E-state index in [1.807, 2.05) is 0 Å². The SMILES string of the molecule is CCN1CCN(Cc2cc(F)ccc2-c2c(C(=O)O)c(N)[nH]c(=O)c2C(=O)O)CC1. The van der Waals surface area contributed by atoms with Crippen LogP contribution in [0, 0.1) is 5.82 Å². The molecule has 0 aliphatic carbocycles. The molecule has 0 unspecified atom stereocenters. The lowest BCUT2D eigenvalue weighted by Gasteiger charge is -2.34. The van der Waals surface area contributed by atoms with Crippen LogP contribution in [-0.2, 0) is 6.54 Å². The van der Waals surface area contributed by atoms with Crippen LogP contribution in [0.1, 0.15) is 33.2 Å². The first-order chi connectivity index (χ1) is 14.2. The highest BCUT2D eigenvalue weighted by molar-refractivity contribution is 6.07. The number of nitrogens with zero attached hydrogens (tertiary/aromatic N) is 2. The van der Waals surface area contributed by atoms with Crippen molar-refractivity contribution in [2.75, 3.05) is 38.5 Å². The van der Waals surface area contributed by atoms with Gasteiger partial charge in [0.1, 0.15) is 22.8 Å². The molecule has 1 aromatic heterocycles. The molecule has 1 aliphatic heterocycles. The second kappa shape index (κ2) is 8.64. The van der Waals surface area contributed by atoms with Crippen molar-refractivity contribution in [1.29, 1.82) is 0 Å². The molecule has 2 aromatic rings. The summed E-state index contributed by atoms with van der Waals surface area (Å²) in [7, 11) is 0. The second-order valence-corrected chi connectivity index (χ2v) is 7.11. The molecule has 9 nitrogen and oxygen atoms in total. The van der Waals surface area contributed by atoms with Crippen molar-refractivity contribution in [2.24, 2.45) is 0 Å². The lowest BCUT2D eigenvalue weighted by Crippen LogP contribution is -2.45. The Bertz CT molecular complexity index is 1040. The minimum atomic E-state index is -1.60. The average Bonchev–Trinajstić information content (AvgIpc) is 2.67. The molecule has 0 spiro atoms. The summed E-state index contributed by atoms with van der Waals surface area (Å²) in [6, 6.07) is 3.62. The van der Waals surface area contributed by atoms with E-state index < -0.39 is 40.3 Å². The van der Waals surface area contributed by atoms with Crippen molar-refractivity contribution in [3.05, 3.63) is 51.1 Å². The third-order valence-electron chi connectivity index (χ3n) is 5.32. The first-order valence-electron chi connectivity index (χ1n) is 9.48. The topological polar surface area (TPSA) is 140 Å². The number of rotatable bonds is 6. The van der Waals surface area contributed by atoms with Crippen LogP contribution in [0.3, 0.4) is 0 Å². The molecule has 0 saturated carbocycles. The van der Waals surface area contributed by atoms with Gasteiger partial charge in [-0.1, -0.05) is 13.0 Å². The number of nitrogen functional groups attached to an aromatic ring is 1. The van der Waals surface area contributed by atoms with E-state index in [9.17, 15) is 29.0 Å². The molecule has 1 aromatic carbocycles. The summed E-state index contributed by atoms with van der Waals surface area (Å²) in [6.45, 7) is 6.38. The Balaban J connectivity index is 2.16. The van der Waals surface area contributed by atoms with Crippen molar-refractivity contribution in [3.8, 4) is 11.1 Å². The van der Waals surface area contributed by atoms with Crippen LogP contribution in [0.25, 0.3) is 11.1 Å². The van der Waals surface area contributed by atoms with E-state index in [1.165, 1.54) is 12.1 Å². The Kier molecular flexibility index (Phi) is 6.18. The maximum Gasteiger partial charge on any atom is 0.342 e. The predicted octanol–water partition coefficient (Wildman–Crippen LogP) is 1.30. The van der Waals surface area contributed by atoms with Crippen molar-refractivity contribution < 1.29 is 24.2 Å². The summed E-state index contributed by atoms with van der Waals surface area (Å²) < 4.78 is 14.1. The van der Waals surface area contributed by atoms with E-state index in [4.69, 9.17) is 5.73 Å². The number of hydrogen-bond donors (Lipinski definition) is 4. The first-order valence-corrected chi connectivity index (χ1v) is 9.48. The van der Waals surface area contributed by atoms with Crippen LogP contribution >= 0.6 is 0 Å². The second-order valence-electron chi connectivity index (χ2n) is 7.11. The first kappa shape index (κ1) is 21.5. The molecule has 0 amide bonds. The number of carboxylic acid groups (broad SMARTS) is 2. The van der Waals surface area contributed by atoms with Gasteiger partial charge in [0.25, 0.3) is 5.56 Å². The molecular weight excluding hydrogens is 395 g/mol. The standard InChI is InChI=1S/C20H23FN4O5/c1-2-24-5-7-25(8-6-24)10-11-9-12(21)3-4-13(11)14-15(19(27)28)17(22)23-18(26)16(14)20(29)30/h3-4,9H,2,5-8,10H2,1H3,(H,27,28)(H,29,30)(H3,22,23,26). The number of halogens is 1. The number of carbonyl (C=O) groups is 2. The van der Waals surface area contributed by atoms with E-state index in [1.54, 1.807) is 0 Å². The Morgan fingerprint density at radius 3 is 2.27 bits per heavy atom. The van der Waals surface area contributed by atoms with Gasteiger partial charge in [-0.15, -0.1) is 0 Å². The molecule has 30 heavy (non-hydrogen) atoms. The number of aromatic nitrogens is 1. The zero-order chi connectivity index (χ0) is 22.0. The summed E-state index contributed by atoms with van der Waals surface area (Å²) in [4.78, 5) is 42.4. The molecule has 3 rings (SSSR count). The zero-order valence-corrected chi connectivity index (χ0v) is 16.4. The monoisotopic (exact) mass is 418 g/mol. The minimum Gasteiger partial charge on any atom is -0.478 e. The quantitative estimate of drug-likeness (QED) is 0.550. The third-order valence-corrected chi connectivity index (χ3v) is 5.32. The number of carboxylic acids is 2. The minimum absolute atomic E-state index is 0.155. The largest absolute Gasteiger partial charge is 0.478 e. The molecular formula is C20H23FN4O5. The number of aromatic carboxylic acids is 2. The summed E-state index contributed by atoms with van der Waals surface area (Å²) in [5, 5.41) is 19.2. The van der Waals surface area contributed by atoms with Gasteiger partial charge in [0.05, 0.1) is 0 Å². The van der Waals surface area contributed by atoms with Crippen molar-refractivity contribution in [3.63, 3.8) is 0 Å². The average molecular weight is 418 g/mol. The molecule has 0 bridgehead atoms. The number of nitrogens with two attached hydrogens (primary N) is 1. The summed E-state index contributed by atoms with van der Waals surface area (Å²) in [5.74, 6) is -4.10. The predicted molar refractivity (Wildman–Crippen MR) is 108 cm³/mol. The molecule has 5 N–H and O–H groups in total. The Morgan fingerprint density at radius 2 is 1.70 bits per heavy atom. The van der Waals surface area contributed by atoms with Gasteiger partial charge in [-0.3, -0.25) is 9.69 Å². The highest BCUT2D eigenvalue weighted by Crippen LogP contribution is 2.33. The smallest absolute Gasteiger partial charge is 0.342 e. The summed E-state index contributed by atoms with van der Waals surface area (Å²) in [5.41, 5.74) is 3.62. The molecule has 0 radical (unpaired) electrons. The fourth-order valence-electron chi connectivity index (χ4n) is 3.76. The van der Waals surface area contributed by atoms with E-state index in [0.29, 0.717) is 5.56 Å². The van der Waals surface area contributed by atoms with Gasteiger partial charge in [-0.05, 0) is 29.8 Å². The van der Waals surface area contributed by atoms with Crippen LogP contribution < -0.4 is 11.3 Å². The summed E-state index contributed by atoms with van der Waals surface area (Å²) >= 11 is 0. The van der Waals surface area contributed by atoms with E-state index >= 15 is 0 Å². The number of benzene rings is 1. The number of pyridine rings is 1. The summed E-state index contributed by atoms with van der Waals surface area (Å²) in [6.07, 6.45) is 0. The number of nitrogens with one attached hydrogen (secondary N) is 1. The fraction of sp³-hybridized carbons (Fsp3) is 0.350. The van der Waals surface area contributed by atoms with Gasteiger partial charge in [0.15, 0.2) is 0 Å². The van der Waals surface area contributed by atoms with Gasteiger partial charge in [-0.25, -0.2) is 14.0 Å². The number of hydrogen-bond acceptors (Lipinski definition) is 6. The fourth-order valence-corrected chi connectivity index (χ4v) is 3.76. The number of anilines is 1. The van der Waals surface area contributed by atoms with E-state index in [0.717, 1.165) is 38.8 Å². The molecule has 1 saturated heterocycles.